The van der Waals surface area contributed by atoms with Crippen LogP contribution < -0.4 is 5.32 Å². The number of hydrogen-bond acceptors (Lipinski definition) is 1. The Kier molecular flexibility index (Phi) is 2.40. The van der Waals surface area contributed by atoms with Crippen molar-refractivity contribution in [2.75, 3.05) is 0 Å². The fraction of sp³-hybridized carbons (Fsp3) is 0.571. The van der Waals surface area contributed by atoms with Gasteiger partial charge in [-0.2, -0.15) is 13.2 Å². The lowest BCUT2D eigenvalue weighted by Crippen LogP contribution is -2.41. The molecule has 0 bridgehead atoms. The van der Waals surface area contributed by atoms with Crippen LogP contribution in [-0.2, 0) is 4.79 Å². The predicted octanol–water partition coefficient (Wildman–Crippen LogP) is 1.38. The average molecular weight is 179 g/mol. The topological polar surface area (TPSA) is 29.1 Å². The summed E-state index contributed by atoms with van der Waals surface area (Å²) < 4.78 is 35.0. The molecule has 68 valence electrons. The zero-order valence-corrected chi connectivity index (χ0v) is 6.19. The highest BCUT2D eigenvalue weighted by atomic mass is 19.4. The van der Waals surface area contributed by atoms with E-state index in [9.17, 15) is 18.0 Å². The normalized spacial score (nSPS) is 22.8. The Morgan fingerprint density at radius 2 is 2.17 bits per heavy atom. The number of allylic oxidation sites excluding steroid dienone is 1. The third-order valence-electron chi connectivity index (χ3n) is 1.59. The highest BCUT2D eigenvalue weighted by molar-refractivity contribution is 5.82. The van der Waals surface area contributed by atoms with Crippen LogP contribution in [0, 0.1) is 0 Å². The number of nitrogens with one attached hydrogen (secondary N) is 1. The molecule has 0 aromatic carbocycles. The van der Waals surface area contributed by atoms with Crippen molar-refractivity contribution in [3.05, 3.63) is 12.2 Å². The molecule has 1 rings (SSSR count). The molecule has 1 atom stereocenters. The second kappa shape index (κ2) is 3.16. The lowest BCUT2D eigenvalue weighted by Gasteiger charge is -2.11. The van der Waals surface area contributed by atoms with Gasteiger partial charge in [0.25, 0.3) is 0 Å². The number of amides is 1. The van der Waals surface area contributed by atoms with Gasteiger partial charge in [-0.25, -0.2) is 0 Å². The third-order valence-corrected chi connectivity index (χ3v) is 1.59. The van der Waals surface area contributed by atoms with Crippen molar-refractivity contribution in [1.29, 1.82) is 0 Å². The first-order valence-electron chi connectivity index (χ1n) is 3.54. The SMILES string of the molecule is O=C(NC1C=CCC1)C(F)(F)F. The van der Waals surface area contributed by atoms with Crippen molar-refractivity contribution in [3.8, 4) is 0 Å². The Bertz CT molecular complexity index is 209. The highest BCUT2D eigenvalue weighted by Gasteiger charge is 2.39. The molecular formula is C7H8F3NO. The predicted molar refractivity (Wildman–Crippen MR) is 36.4 cm³/mol. The minimum absolute atomic E-state index is 0.445. The average Bonchev–Trinajstić information content (AvgIpc) is 2.37. The Hall–Kier alpha value is -1.00. The van der Waals surface area contributed by atoms with Crippen LogP contribution in [0.3, 0.4) is 0 Å². The summed E-state index contributed by atoms with van der Waals surface area (Å²) >= 11 is 0. The number of rotatable bonds is 1. The van der Waals surface area contributed by atoms with Crippen molar-refractivity contribution in [2.45, 2.75) is 25.1 Å². The number of hydrogen-bond donors (Lipinski definition) is 1. The lowest BCUT2D eigenvalue weighted by atomic mass is 10.2. The summed E-state index contributed by atoms with van der Waals surface area (Å²) in [6.45, 7) is 0. The second-order valence-corrected chi connectivity index (χ2v) is 2.58. The zero-order chi connectivity index (χ0) is 9.19. The minimum atomic E-state index is -4.77. The highest BCUT2D eigenvalue weighted by Crippen LogP contribution is 2.16. The van der Waals surface area contributed by atoms with Gasteiger partial charge in [-0.15, -0.1) is 0 Å². The summed E-state index contributed by atoms with van der Waals surface area (Å²) in [5.41, 5.74) is 0. The summed E-state index contributed by atoms with van der Waals surface area (Å²) in [6.07, 6.45) is -0.161. The fourth-order valence-corrected chi connectivity index (χ4v) is 1.00. The van der Waals surface area contributed by atoms with E-state index in [0.29, 0.717) is 6.42 Å². The molecule has 12 heavy (non-hydrogen) atoms. The van der Waals surface area contributed by atoms with E-state index >= 15 is 0 Å². The summed E-state index contributed by atoms with van der Waals surface area (Å²) in [5, 5.41) is 1.87. The largest absolute Gasteiger partial charge is 0.471 e. The van der Waals surface area contributed by atoms with Crippen molar-refractivity contribution in [2.24, 2.45) is 0 Å². The van der Waals surface area contributed by atoms with E-state index in [0.717, 1.165) is 6.42 Å². The molecule has 0 radical (unpaired) electrons. The van der Waals surface area contributed by atoms with Crippen LogP contribution in [0.15, 0.2) is 12.2 Å². The van der Waals surface area contributed by atoms with Gasteiger partial charge in [-0.05, 0) is 12.8 Å². The van der Waals surface area contributed by atoms with E-state index in [-0.39, 0.29) is 0 Å². The summed E-state index contributed by atoms with van der Waals surface area (Å²) in [5.74, 6) is -1.86. The maximum atomic E-state index is 11.7. The first-order chi connectivity index (χ1) is 5.50. The zero-order valence-electron chi connectivity index (χ0n) is 6.19. The maximum Gasteiger partial charge on any atom is 0.471 e. The van der Waals surface area contributed by atoms with Crippen LogP contribution >= 0.6 is 0 Å². The fourth-order valence-electron chi connectivity index (χ4n) is 1.00. The monoisotopic (exact) mass is 179 g/mol. The molecule has 0 saturated carbocycles. The molecule has 0 aliphatic heterocycles. The molecule has 1 amide bonds. The van der Waals surface area contributed by atoms with Gasteiger partial charge in [0.15, 0.2) is 0 Å². The second-order valence-electron chi connectivity index (χ2n) is 2.58. The van der Waals surface area contributed by atoms with Crippen molar-refractivity contribution >= 4 is 5.91 Å². The molecule has 0 heterocycles. The number of halogens is 3. The van der Waals surface area contributed by atoms with Crippen LogP contribution in [-0.4, -0.2) is 18.1 Å². The maximum absolute atomic E-state index is 11.7. The molecule has 0 aromatic rings. The molecule has 0 spiro atoms. The van der Waals surface area contributed by atoms with Gasteiger partial charge in [0.1, 0.15) is 0 Å². The lowest BCUT2D eigenvalue weighted by molar-refractivity contribution is -0.174. The third kappa shape index (κ3) is 2.25. The summed E-state index contributed by atoms with van der Waals surface area (Å²) in [4.78, 5) is 10.4. The number of carbonyl (C=O) groups excluding carboxylic acids is 1. The van der Waals surface area contributed by atoms with Gasteiger partial charge < -0.3 is 5.32 Å². The van der Waals surface area contributed by atoms with E-state index in [1.165, 1.54) is 0 Å². The molecule has 0 aromatic heterocycles. The molecule has 5 heteroatoms. The first-order valence-corrected chi connectivity index (χ1v) is 3.54. The van der Waals surface area contributed by atoms with E-state index in [1.54, 1.807) is 12.2 Å². The quantitative estimate of drug-likeness (QED) is 0.605. The minimum Gasteiger partial charge on any atom is -0.342 e. The van der Waals surface area contributed by atoms with Crippen LogP contribution in [0.25, 0.3) is 0 Å². The summed E-state index contributed by atoms with van der Waals surface area (Å²) in [6, 6.07) is -0.445. The standard InChI is InChI=1S/C7H8F3NO/c8-7(9,10)6(12)11-5-3-1-2-4-5/h1,3,5H,2,4H2,(H,11,12). The van der Waals surface area contributed by atoms with Crippen molar-refractivity contribution in [3.63, 3.8) is 0 Å². The molecule has 0 fully saturated rings. The molecule has 1 N–H and O–H groups in total. The van der Waals surface area contributed by atoms with Crippen LogP contribution in [0.5, 0.6) is 0 Å². The van der Waals surface area contributed by atoms with Gasteiger partial charge in [-0.3, -0.25) is 4.79 Å². The molecule has 2 nitrogen and oxygen atoms in total. The van der Waals surface area contributed by atoms with Crippen LogP contribution in [0.1, 0.15) is 12.8 Å². The Balaban J connectivity index is 2.41. The number of alkyl halides is 3. The van der Waals surface area contributed by atoms with Gasteiger partial charge in [-0.1, -0.05) is 12.2 Å². The summed E-state index contributed by atoms with van der Waals surface area (Å²) in [7, 11) is 0. The van der Waals surface area contributed by atoms with Gasteiger partial charge in [0.2, 0.25) is 0 Å². The van der Waals surface area contributed by atoms with Crippen molar-refractivity contribution in [1.82, 2.24) is 5.32 Å². The van der Waals surface area contributed by atoms with E-state index in [1.807, 2.05) is 5.32 Å². The van der Waals surface area contributed by atoms with Crippen molar-refractivity contribution < 1.29 is 18.0 Å². The van der Waals surface area contributed by atoms with Crippen LogP contribution in [0.2, 0.25) is 0 Å². The van der Waals surface area contributed by atoms with E-state index < -0.39 is 18.1 Å². The Morgan fingerprint density at radius 3 is 2.58 bits per heavy atom. The first kappa shape index (κ1) is 9.09. The van der Waals surface area contributed by atoms with Gasteiger partial charge in [0.05, 0.1) is 0 Å². The molecule has 1 aliphatic rings. The Morgan fingerprint density at radius 1 is 1.50 bits per heavy atom. The molecule has 1 aliphatic carbocycles. The molecule has 0 saturated heterocycles. The molecule has 1 unspecified atom stereocenters. The molecular weight excluding hydrogens is 171 g/mol. The van der Waals surface area contributed by atoms with E-state index in [4.69, 9.17) is 0 Å². The van der Waals surface area contributed by atoms with E-state index in [2.05, 4.69) is 0 Å². The van der Waals surface area contributed by atoms with Crippen LogP contribution in [0.4, 0.5) is 13.2 Å². The smallest absolute Gasteiger partial charge is 0.342 e. The number of carbonyl (C=O) groups is 1. The Labute approximate surface area is 67.4 Å². The van der Waals surface area contributed by atoms with Gasteiger partial charge >= 0.3 is 12.1 Å². The van der Waals surface area contributed by atoms with Gasteiger partial charge in [0, 0.05) is 6.04 Å².